The molecule has 0 radical (unpaired) electrons. The number of benzene rings is 1. The second-order valence-electron chi connectivity index (χ2n) is 3.60. The molecule has 0 saturated heterocycles. The minimum Gasteiger partial charge on any atom is -0.330 e. The Morgan fingerprint density at radius 3 is 2.88 bits per heavy atom. The maximum atomic E-state index is 13.3. The molecule has 0 bridgehead atoms. The van der Waals surface area contributed by atoms with Gasteiger partial charge < -0.3 is 11.1 Å². The lowest BCUT2D eigenvalue weighted by Gasteiger charge is -2.13. The van der Waals surface area contributed by atoms with Crippen molar-refractivity contribution in [2.75, 3.05) is 11.9 Å². The van der Waals surface area contributed by atoms with Crippen LogP contribution in [0.1, 0.15) is 18.9 Å². The maximum absolute atomic E-state index is 13.3. The zero-order chi connectivity index (χ0) is 12.8. The number of nitrogens with one attached hydrogen (secondary N) is 1. The largest absolute Gasteiger partial charge is 0.330 e. The number of amides is 1. The number of rotatable bonds is 4. The van der Waals surface area contributed by atoms with Gasteiger partial charge in [-0.05, 0) is 18.6 Å². The molecular weight excluding hydrogens is 221 g/mol. The van der Waals surface area contributed by atoms with Crippen molar-refractivity contribution >= 4 is 11.6 Å². The van der Waals surface area contributed by atoms with E-state index < -0.39 is 5.82 Å². The Hall–Kier alpha value is -1.93. The molecule has 0 saturated carbocycles. The average molecular weight is 235 g/mol. The Kier molecular flexibility index (Phi) is 4.61. The van der Waals surface area contributed by atoms with Crippen LogP contribution in [0.15, 0.2) is 18.2 Å². The first-order chi connectivity index (χ1) is 8.13. The van der Waals surface area contributed by atoms with Crippen molar-refractivity contribution in [2.24, 2.45) is 11.7 Å². The topological polar surface area (TPSA) is 78.9 Å². The first kappa shape index (κ1) is 13.1. The molecule has 0 fully saturated rings. The van der Waals surface area contributed by atoms with E-state index in [1.165, 1.54) is 18.2 Å². The summed E-state index contributed by atoms with van der Waals surface area (Å²) in [6.07, 6.45) is 0.597. The van der Waals surface area contributed by atoms with E-state index in [4.69, 9.17) is 11.0 Å². The normalized spacial score (nSPS) is 11.6. The molecule has 1 atom stereocenters. The van der Waals surface area contributed by atoms with Crippen LogP contribution in [-0.2, 0) is 4.79 Å². The number of hydrogen-bond donors (Lipinski definition) is 2. The fourth-order valence-corrected chi connectivity index (χ4v) is 1.44. The van der Waals surface area contributed by atoms with E-state index in [0.29, 0.717) is 6.42 Å². The SMILES string of the molecule is CCC(CN)C(=O)Nc1cccc(F)c1C#N. The Labute approximate surface area is 99.2 Å². The minimum absolute atomic E-state index is 0.160. The van der Waals surface area contributed by atoms with Crippen LogP contribution in [0.25, 0.3) is 0 Å². The standard InChI is InChI=1S/C12H14FN3O/c1-2-8(6-14)12(17)16-11-5-3-4-10(13)9(11)7-15/h3-5,8H,2,6,14H2,1H3,(H,16,17). The molecule has 1 aromatic carbocycles. The number of nitriles is 1. The van der Waals surface area contributed by atoms with Crippen molar-refractivity contribution in [3.63, 3.8) is 0 Å². The van der Waals surface area contributed by atoms with Gasteiger partial charge in [0.1, 0.15) is 17.4 Å². The monoisotopic (exact) mass is 235 g/mol. The lowest BCUT2D eigenvalue weighted by molar-refractivity contribution is -0.119. The molecule has 3 N–H and O–H groups in total. The van der Waals surface area contributed by atoms with Crippen LogP contribution < -0.4 is 11.1 Å². The number of nitrogens with zero attached hydrogens (tertiary/aromatic N) is 1. The van der Waals surface area contributed by atoms with Gasteiger partial charge in [0.15, 0.2) is 0 Å². The lowest BCUT2D eigenvalue weighted by Crippen LogP contribution is -2.29. The highest BCUT2D eigenvalue weighted by Gasteiger charge is 2.17. The van der Waals surface area contributed by atoms with E-state index in [1.54, 1.807) is 6.07 Å². The highest BCUT2D eigenvalue weighted by molar-refractivity contribution is 5.93. The highest BCUT2D eigenvalue weighted by Crippen LogP contribution is 2.18. The second kappa shape index (κ2) is 5.97. The van der Waals surface area contributed by atoms with Gasteiger partial charge in [0.25, 0.3) is 0 Å². The Morgan fingerprint density at radius 1 is 1.65 bits per heavy atom. The predicted molar refractivity (Wildman–Crippen MR) is 62.6 cm³/mol. The van der Waals surface area contributed by atoms with Gasteiger partial charge in [-0.25, -0.2) is 4.39 Å². The molecule has 90 valence electrons. The smallest absolute Gasteiger partial charge is 0.228 e. The molecule has 0 spiro atoms. The number of carbonyl (C=O) groups excluding carboxylic acids is 1. The number of anilines is 1. The van der Waals surface area contributed by atoms with Crippen LogP contribution in [0.3, 0.4) is 0 Å². The van der Waals surface area contributed by atoms with Gasteiger partial charge in [-0.1, -0.05) is 13.0 Å². The zero-order valence-electron chi connectivity index (χ0n) is 9.53. The van der Waals surface area contributed by atoms with Crippen LogP contribution in [0.2, 0.25) is 0 Å². The van der Waals surface area contributed by atoms with Gasteiger partial charge in [-0.2, -0.15) is 5.26 Å². The van der Waals surface area contributed by atoms with Gasteiger partial charge in [0, 0.05) is 6.54 Å². The van der Waals surface area contributed by atoms with E-state index in [-0.39, 0.29) is 29.6 Å². The molecule has 1 aromatic rings. The lowest BCUT2D eigenvalue weighted by atomic mass is 10.1. The summed E-state index contributed by atoms with van der Waals surface area (Å²) < 4.78 is 13.3. The van der Waals surface area contributed by atoms with Crippen LogP contribution in [-0.4, -0.2) is 12.5 Å². The van der Waals surface area contributed by atoms with Gasteiger partial charge in [-0.3, -0.25) is 4.79 Å². The van der Waals surface area contributed by atoms with Crippen LogP contribution in [0, 0.1) is 23.1 Å². The van der Waals surface area contributed by atoms with Crippen LogP contribution >= 0.6 is 0 Å². The molecule has 17 heavy (non-hydrogen) atoms. The second-order valence-corrected chi connectivity index (χ2v) is 3.60. The zero-order valence-corrected chi connectivity index (χ0v) is 9.53. The van der Waals surface area contributed by atoms with Gasteiger partial charge >= 0.3 is 0 Å². The first-order valence-corrected chi connectivity index (χ1v) is 5.33. The molecule has 5 heteroatoms. The third-order valence-corrected chi connectivity index (χ3v) is 2.53. The summed E-state index contributed by atoms with van der Waals surface area (Å²) in [4.78, 5) is 11.7. The van der Waals surface area contributed by atoms with Gasteiger partial charge in [-0.15, -0.1) is 0 Å². The summed E-state index contributed by atoms with van der Waals surface area (Å²) in [5.41, 5.74) is 5.46. The number of carbonyl (C=O) groups is 1. The fraction of sp³-hybridized carbons (Fsp3) is 0.333. The Balaban J connectivity index is 2.93. The van der Waals surface area contributed by atoms with Crippen molar-refractivity contribution in [3.8, 4) is 6.07 Å². The molecule has 0 aliphatic carbocycles. The van der Waals surface area contributed by atoms with E-state index in [2.05, 4.69) is 5.32 Å². The summed E-state index contributed by atoms with van der Waals surface area (Å²) in [5, 5.41) is 11.3. The van der Waals surface area contributed by atoms with E-state index in [9.17, 15) is 9.18 Å². The quantitative estimate of drug-likeness (QED) is 0.832. The molecule has 0 aliphatic rings. The third kappa shape index (κ3) is 3.02. The van der Waals surface area contributed by atoms with Crippen LogP contribution in [0.5, 0.6) is 0 Å². The number of hydrogen-bond acceptors (Lipinski definition) is 3. The van der Waals surface area contributed by atoms with Crippen molar-refractivity contribution in [1.29, 1.82) is 5.26 Å². The summed E-state index contributed by atoms with van der Waals surface area (Å²) in [6, 6.07) is 5.83. The van der Waals surface area contributed by atoms with Gasteiger partial charge in [0.2, 0.25) is 5.91 Å². The van der Waals surface area contributed by atoms with Crippen LogP contribution in [0.4, 0.5) is 10.1 Å². The Bertz CT molecular complexity index is 450. The fourth-order valence-electron chi connectivity index (χ4n) is 1.44. The van der Waals surface area contributed by atoms with Crippen molar-refractivity contribution in [3.05, 3.63) is 29.6 Å². The summed E-state index contributed by atoms with van der Waals surface area (Å²) in [5.74, 6) is -1.27. The number of nitrogens with two attached hydrogens (primary N) is 1. The molecular formula is C12H14FN3O. The number of halogens is 1. The summed E-state index contributed by atoms with van der Waals surface area (Å²) in [7, 11) is 0. The molecule has 0 aromatic heterocycles. The predicted octanol–water partition coefficient (Wildman–Crippen LogP) is 1.62. The van der Waals surface area contributed by atoms with E-state index in [0.717, 1.165) is 0 Å². The van der Waals surface area contributed by atoms with Gasteiger partial charge in [0.05, 0.1) is 11.6 Å². The van der Waals surface area contributed by atoms with E-state index in [1.807, 2.05) is 6.92 Å². The highest BCUT2D eigenvalue weighted by atomic mass is 19.1. The summed E-state index contributed by atoms with van der Waals surface area (Å²) >= 11 is 0. The minimum atomic E-state index is -0.647. The van der Waals surface area contributed by atoms with E-state index >= 15 is 0 Å². The maximum Gasteiger partial charge on any atom is 0.228 e. The molecule has 0 heterocycles. The third-order valence-electron chi connectivity index (χ3n) is 2.53. The van der Waals surface area contributed by atoms with Crippen molar-refractivity contribution in [1.82, 2.24) is 0 Å². The molecule has 1 unspecified atom stereocenters. The molecule has 1 amide bonds. The molecule has 1 rings (SSSR count). The first-order valence-electron chi connectivity index (χ1n) is 5.33. The van der Waals surface area contributed by atoms with Crippen molar-refractivity contribution < 1.29 is 9.18 Å². The summed E-state index contributed by atoms with van der Waals surface area (Å²) in [6.45, 7) is 2.06. The molecule has 4 nitrogen and oxygen atoms in total. The average Bonchev–Trinajstić information content (AvgIpc) is 2.31. The van der Waals surface area contributed by atoms with Crippen molar-refractivity contribution in [2.45, 2.75) is 13.3 Å². The Morgan fingerprint density at radius 2 is 2.35 bits per heavy atom. The molecule has 0 aliphatic heterocycles.